The molecule has 0 aromatic heterocycles. The Morgan fingerprint density at radius 1 is 0.833 bits per heavy atom. The summed E-state index contributed by atoms with van der Waals surface area (Å²) in [6.07, 6.45) is 0. The van der Waals surface area contributed by atoms with Gasteiger partial charge in [-0.2, -0.15) is 0 Å². The molecule has 6 nitrogen and oxygen atoms in total. The van der Waals surface area contributed by atoms with Crippen LogP contribution in [0.1, 0.15) is 62.0 Å². The summed E-state index contributed by atoms with van der Waals surface area (Å²) in [6.45, 7) is 18.7. The second-order valence-electron chi connectivity index (χ2n) is 8.04. The highest BCUT2D eigenvalue weighted by Crippen LogP contribution is 2.21. The van der Waals surface area contributed by atoms with Gasteiger partial charge in [0.25, 0.3) is 0 Å². The Morgan fingerprint density at radius 3 is 1.50 bits per heavy atom. The van der Waals surface area contributed by atoms with Crippen LogP contribution >= 0.6 is 0 Å². The van der Waals surface area contributed by atoms with Crippen molar-refractivity contribution in [3.05, 3.63) is 65.5 Å². The molecule has 0 aliphatic carbocycles. The SMILES string of the molecule is C.C.CC(C)(C)Oc1ccc(/C(N)=N/O)cc1.[C-]#[N+]c1ccc(OC(C)(C)C)cc1. The van der Waals surface area contributed by atoms with Crippen molar-refractivity contribution >= 4 is 11.5 Å². The molecule has 0 spiro atoms. The van der Waals surface area contributed by atoms with E-state index < -0.39 is 0 Å². The third-order valence-electron chi connectivity index (χ3n) is 3.07. The lowest BCUT2D eigenvalue weighted by molar-refractivity contribution is 0.130. The van der Waals surface area contributed by atoms with Gasteiger partial charge in [0.05, 0.1) is 6.57 Å². The van der Waals surface area contributed by atoms with Gasteiger partial charge in [0, 0.05) is 5.56 Å². The lowest BCUT2D eigenvalue weighted by Crippen LogP contribution is -2.23. The molecule has 0 amide bonds. The first-order valence-corrected chi connectivity index (χ1v) is 8.87. The summed E-state index contributed by atoms with van der Waals surface area (Å²) < 4.78 is 11.2. The Labute approximate surface area is 182 Å². The van der Waals surface area contributed by atoms with Crippen LogP contribution in [0.5, 0.6) is 11.5 Å². The summed E-state index contributed by atoms with van der Waals surface area (Å²) in [5.74, 6) is 1.66. The second-order valence-corrected chi connectivity index (χ2v) is 8.04. The fourth-order valence-corrected chi connectivity index (χ4v) is 2.05. The maximum Gasteiger partial charge on any atom is 0.187 e. The zero-order valence-electron chi connectivity index (χ0n) is 17.4. The zero-order valence-corrected chi connectivity index (χ0v) is 17.4. The molecule has 0 unspecified atom stereocenters. The average Bonchev–Trinajstić information content (AvgIpc) is 2.60. The molecule has 6 heteroatoms. The van der Waals surface area contributed by atoms with E-state index in [2.05, 4.69) is 10.0 Å². The fraction of sp³-hybridized carbons (Fsp3) is 0.417. The van der Waals surface area contributed by atoms with E-state index in [4.69, 9.17) is 27.0 Å². The molecule has 0 saturated carbocycles. The van der Waals surface area contributed by atoms with Gasteiger partial charge in [-0.15, -0.1) is 0 Å². The van der Waals surface area contributed by atoms with E-state index in [0.717, 1.165) is 11.5 Å². The van der Waals surface area contributed by atoms with E-state index in [1.54, 1.807) is 36.4 Å². The van der Waals surface area contributed by atoms with Crippen LogP contribution in [0.2, 0.25) is 0 Å². The molecule has 2 aromatic rings. The van der Waals surface area contributed by atoms with Crippen LogP contribution in [0.25, 0.3) is 4.85 Å². The van der Waals surface area contributed by atoms with Gasteiger partial charge < -0.3 is 20.4 Å². The quantitative estimate of drug-likeness (QED) is 0.193. The van der Waals surface area contributed by atoms with Crippen molar-refractivity contribution in [2.24, 2.45) is 10.9 Å². The second kappa shape index (κ2) is 12.4. The maximum atomic E-state index is 8.48. The predicted octanol–water partition coefficient (Wildman–Crippen LogP) is 6.65. The van der Waals surface area contributed by atoms with Crippen molar-refractivity contribution in [2.75, 3.05) is 0 Å². The molecular weight excluding hydrogens is 378 g/mol. The van der Waals surface area contributed by atoms with Crippen molar-refractivity contribution in [1.82, 2.24) is 0 Å². The Kier molecular flexibility index (Phi) is 12.0. The van der Waals surface area contributed by atoms with Crippen molar-refractivity contribution < 1.29 is 14.7 Å². The number of hydrogen-bond donors (Lipinski definition) is 2. The highest BCUT2D eigenvalue weighted by atomic mass is 16.5. The molecule has 0 aliphatic heterocycles. The Bertz CT molecular complexity index is 807. The minimum absolute atomic E-state index is 0. The van der Waals surface area contributed by atoms with Crippen molar-refractivity contribution in [2.45, 2.75) is 67.6 Å². The maximum absolute atomic E-state index is 8.48. The fourth-order valence-electron chi connectivity index (χ4n) is 2.05. The number of amidine groups is 1. The van der Waals surface area contributed by atoms with Gasteiger partial charge in [-0.05, 0) is 77.9 Å². The number of ether oxygens (including phenoxy) is 2. The third kappa shape index (κ3) is 11.6. The lowest BCUT2D eigenvalue weighted by atomic mass is 10.1. The van der Waals surface area contributed by atoms with Crippen LogP contribution in [-0.2, 0) is 0 Å². The number of nitrogens with two attached hydrogens (primary N) is 1. The van der Waals surface area contributed by atoms with E-state index in [9.17, 15) is 0 Å². The summed E-state index contributed by atoms with van der Waals surface area (Å²) in [4.78, 5) is 3.30. The van der Waals surface area contributed by atoms with E-state index in [0.29, 0.717) is 11.3 Å². The molecule has 0 bridgehead atoms. The summed E-state index contributed by atoms with van der Waals surface area (Å²) in [5.41, 5.74) is 6.33. The van der Waals surface area contributed by atoms with Gasteiger partial charge in [0.1, 0.15) is 22.7 Å². The van der Waals surface area contributed by atoms with Crippen LogP contribution in [0, 0.1) is 6.57 Å². The van der Waals surface area contributed by atoms with Crippen LogP contribution in [0.3, 0.4) is 0 Å². The highest BCUT2D eigenvalue weighted by molar-refractivity contribution is 5.97. The third-order valence-corrected chi connectivity index (χ3v) is 3.07. The number of hydrogen-bond acceptors (Lipinski definition) is 4. The number of nitrogens with zero attached hydrogens (tertiary/aromatic N) is 2. The van der Waals surface area contributed by atoms with Crippen LogP contribution < -0.4 is 15.2 Å². The molecule has 0 fully saturated rings. The highest BCUT2D eigenvalue weighted by Gasteiger charge is 2.12. The molecule has 0 radical (unpaired) electrons. The molecular formula is C24H37N3O3. The standard InChI is InChI=1S/C11H16N2O2.C11H13NO.2CH4/c1-11(2,3)15-9-6-4-8(5-7-9)10(12)13-14;1-11(2,3)13-10-7-5-9(12-4)6-8-10;;/h4-7,14H,1-3H3,(H2,12,13);5-8H,1-3H3;2*1H4. The van der Waals surface area contributed by atoms with Gasteiger partial charge in [-0.1, -0.05) is 32.1 Å². The number of rotatable bonds is 3. The van der Waals surface area contributed by atoms with Gasteiger partial charge in [0.2, 0.25) is 0 Å². The minimum atomic E-state index is -0.224. The molecule has 2 aromatic carbocycles. The van der Waals surface area contributed by atoms with Gasteiger partial charge >= 0.3 is 0 Å². The topological polar surface area (TPSA) is 81.4 Å². The summed E-state index contributed by atoms with van der Waals surface area (Å²) in [6, 6.07) is 14.2. The molecule has 0 atom stereocenters. The van der Waals surface area contributed by atoms with E-state index in [1.807, 2.05) is 53.7 Å². The van der Waals surface area contributed by atoms with Crippen LogP contribution in [0.15, 0.2) is 53.7 Å². The first kappa shape index (κ1) is 29.0. The summed E-state index contributed by atoms with van der Waals surface area (Å²) in [7, 11) is 0. The molecule has 166 valence electrons. The largest absolute Gasteiger partial charge is 0.488 e. The first-order valence-electron chi connectivity index (χ1n) is 8.87. The number of benzene rings is 2. The normalized spacial score (nSPS) is 10.9. The van der Waals surface area contributed by atoms with E-state index in [-0.39, 0.29) is 31.9 Å². The van der Waals surface area contributed by atoms with Crippen molar-refractivity contribution in [1.29, 1.82) is 0 Å². The Hall–Kier alpha value is -3.20. The monoisotopic (exact) mass is 415 g/mol. The first-order chi connectivity index (χ1) is 12.9. The predicted molar refractivity (Wildman–Crippen MR) is 126 cm³/mol. The van der Waals surface area contributed by atoms with Crippen LogP contribution in [0.4, 0.5) is 5.69 Å². The Balaban J connectivity index is 0. The van der Waals surface area contributed by atoms with E-state index in [1.165, 1.54) is 0 Å². The molecule has 2 rings (SSSR count). The minimum Gasteiger partial charge on any atom is -0.488 e. The average molecular weight is 416 g/mol. The molecule has 0 aliphatic rings. The Morgan fingerprint density at radius 2 is 1.20 bits per heavy atom. The van der Waals surface area contributed by atoms with Gasteiger partial charge in [0.15, 0.2) is 11.5 Å². The van der Waals surface area contributed by atoms with Gasteiger partial charge in [-0.25, -0.2) is 4.85 Å². The molecule has 0 heterocycles. The van der Waals surface area contributed by atoms with E-state index >= 15 is 0 Å². The van der Waals surface area contributed by atoms with Crippen LogP contribution in [-0.4, -0.2) is 22.2 Å². The summed E-state index contributed by atoms with van der Waals surface area (Å²) >= 11 is 0. The molecule has 30 heavy (non-hydrogen) atoms. The molecule has 3 N–H and O–H groups in total. The molecule has 0 saturated heterocycles. The lowest BCUT2D eigenvalue weighted by Gasteiger charge is -2.21. The summed E-state index contributed by atoms with van der Waals surface area (Å²) in [5, 5.41) is 11.4. The van der Waals surface area contributed by atoms with Crippen molar-refractivity contribution in [3.8, 4) is 11.5 Å². The zero-order chi connectivity index (χ0) is 21.4. The van der Waals surface area contributed by atoms with Gasteiger partial charge in [-0.3, -0.25) is 0 Å². The smallest absolute Gasteiger partial charge is 0.187 e. The number of oxime groups is 1. The van der Waals surface area contributed by atoms with Crippen molar-refractivity contribution in [3.63, 3.8) is 0 Å².